The molecule has 204 valence electrons. The molecule has 1 aliphatic carbocycles. The molecule has 2 fully saturated rings. The molecule has 0 spiro atoms. The van der Waals surface area contributed by atoms with Crippen molar-refractivity contribution in [2.75, 3.05) is 44.3 Å². The summed E-state index contributed by atoms with van der Waals surface area (Å²) < 4.78 is 5.63. The van der Waals surface area contributed by atoms with Crippen molar-refractivity contribution in [2.45, 2.75) is 45.6 Å². The molecule has 2 saturated heterocycles. The molecule has 8 heteroatoms. The molecule has 1 atom stereocenters. The second-order valence-corrected chi connectivity index (χ2v) is 12.8. The van der Waals surface area contributed by atoms with Crippen LogP contribution in [0.5, 0.6) is 0 Å². The van der Waals surface area contributed by atoms with Crippen LogP contribution in [0.15, 0.2) is 42.6 Å². The predicted octanol–water partition coefficient (Wildman–Crippen LogP) is 4.57. The third kappa shape index (κ3) is 5.38. The topological polar surface area (TPSA) is 88.8 Å². The number of fused-ring (bicyclic) bond motifs is 1. The van der Waals surface area contributed by atoms with Gasteiger partial charge in [0.25, 0.3) is 0 Å². The maximum absolute atomic E-state index is 13.2. The van der Waals surface area contributed by atoms with Crippen LogP contribution in [-0.4, -0.2) is 67.0 Å². The highest BCUT2D eigenvalue weighted by Gasteiger charge is 2.37. The van der Waals surface area contributed by atoms with Crippen LogP contribution in [0.1, 0.15) is 47.5 Å². The largest absolute Gasteiger partial charge is 0.378 e. The molecule has 1 amide bonds. The zero-order valence-corrected chi connectivity index (χ0v) is 23.6. The van der Waals surface area contributed by atoms with Gasteiger partial charge in [0.2, 0.25) is 5.91 Å². The fraction of sp³-hybridized carbons (Fsp3) is 0.452. The number of carbonyl (C=O) groups excluding carboxylic acids is 2. The molecule has 2 aliphatic heterocycles. The molecule has 0 unspecified atom stereocenters. The van der Waals surface area contributed by atoms with E-state index in [-0.39, 0.29) is 23.1 Å². The second-order valence-electron chi connectivity index (χ2n) is 11.8. The summed E-state index contributed by atoms with van der Waals surface area (Å²) in [4.78, 5) is 35.9. The molecule has 39 heavy (non-hydrogen) atoms. The van der Waals surface area contributed by atoms with Crippen LogP contribution in [0.3, 0.4) is 0 Å². The molecular weight excluding hydrogens is 508 g/mol. The van der Waals surface area contributed by atoms with E-state index in [0.717, 1.165) is 64.7 Å². The highest BCUT2D eigenvalue weighted by atomic mass is 32.1. The number of thiophene rings is 1. The molecule has 0 bridgehead atoms. The van der Waals surface area contributed by atoms with E-state index in [1.54, 1.807) is 11.3 Å². The van der Waals surface area contributed by atoms with Crippen molar-refractivity contribution in [1.82, 2.24) is 9.88 Å². The SMILES string of the molecule is CC1(C)CC(=O)c2sc(N3CCOCC3)c(-c3ccnc(-c4cccc(CC(=O)N5CC[C@H](N)C5)c4)c3)c2C1. The Labute approximate surface area is 234 Å². The number of hydrogen-bond donors (Lipinski definition) is 1. The number of Topliss-reactive ketones (excluding diaryl/α,β-unsaturated/α-hetero) is 1. The van der Waals surface area contributed by atoms with Gasteiger partial charge in [-0.2, -0.15) is 0 Å². The third-order valence-electron chi connectivity index (χ3n) is 8.04. The minimum Gasteiger partial charge on any atom is -0.378 e. The molecule has 3 aliphatic rings. The molecule has 2 N–H and O–H groups in total. The monoisotopic (exact) mass is 544 g/mol. The number of carbonyl (C=O) groups is 2. The number of hydrogen-bond acceptors (Lipinski definition) is 7. The van der Waals surface area contributed by atoms with Gasteiger partial charge < -0.3 is 20.3 Å². The second kappa shape index (κ2) is 10.5. The summed E-state index contributed by atoms with van der Waals surface area (Å²) in [6.07, 6.45) is 4.54. The van der Waals surface area contributed by atoms with E-state index in [1.165, 1.54) is 11.1 Å². The Kier molecular flexibility index (Phi) is 7.04. The van der Waals surface area contributed by atoms with Gasteiger partial charge in [0.05, 0.1) is 35.2 Å². The normalized spacial score (nSPS) is 20.8. The lowest BCUT2D eigenvalue weighted by Crippen LogP contribution is -2.36. The van der Waals surface area contributed by atoms with E-state index in [0.29, 0.717) is 32.6 Å². The lowest BCUT2D eigenvalue weighted by molar-refractivity contribution is -0.129. The summed E-state index contributed by atoms with van der Waals surface area (Å²) in [5, 5.41) is 1.16. The Morgan fingerprint density at radius 2 is 1.95 bits per heavy atom. The Balaban J connectivity index is 1.35. The number of pyridine rings is 1. The first-order chi connectivity index (χ1) is 18.8. The van der Waals surface area contributed by atoms with Gasteiger partial charge in [-0.25, -0.2) is 0 Å². The van der Waals surface area contributed by atoms with Crippen molar-refractivity contribution in [3.05, 3.63) is 58.6 Å². The molecule has 4 heterocycles. The van der Waals surface area contributed by atoms with Crippen LogP contribution in [0, 0.1) is 5.41 Å². The van der Waals surface area contributed by atoms with Gasteiger partial charge in [-0.05, 0) is 53.1 Å². The molecule has 2 aromatic heterocycles. The number of benzene rings is 1. The summed E-state index contributed by atoms with van der Waals surface area (Å²) >= 11 is 1.64. The highest BCUT2D eigenvalue weighted by Crippen LogP contribution is 2.49. The van der Waals surface area contributed by atoms with E-state index >= 15 is 0 Å². The molecule has 6 rings (SSSR count). The van der Waals surface area contributed by atoms with Crippen molar-refractivity contribution in [3.8, 4) is 22.4 Å². The highest BCUT2D eigenvalue weighted by molar-refractivity contribution is 7.19. The van der Waals surface area contributed by atoms with E-state index in [1.807, 2.05) is 29.3 Å². The summed E-state index contributed by atoms with van der Waals surface area (Å²) in [6, 6.07) is 12.4. The van der Waals surface area contributed by atoms with Crippen molar-refractivity contribution in [1.29, 1.82) is 0 Å². The van der Waals surface area contributed by atoms with Crippen LogP contribution in [0.2, 0.25) is 0 Å². The minimum absolute atomic E-state index is 0.0713. The summed E-state index contributed by atoms with van der Waals surface area (Å²) in [5.41, 5.74) is 12.2. The van der Waals surface area contributed by atoms with Gasteiger partial charge in [0, 0.05) is 56.0 Å². The van der Waals surface area contributed by atoms with Gasteiger partial charge in [0.1, 0.15) is 0 Å². The predicted molar refractivity (Wildman–Crippen MR) is 155 cm³/mol. The molecule has 1 aromatic carbocycles. The van der Waals surface area contributed by atoms with Crippen LogP contribution in [0.4, 0.5) is 5.00 Å². The number of ketones is 1. The first-order valence-electron chi connectivity index (χ1n) is 13.9. The zero-order valence-electron chi connectivity index (χ0n) is 22.7. The standard InChI is InChI=1S/C31H36N4O3S/c1-31(2)17-24-28(30(34-10-12-38-13-11-34)39-29(24)26(36)18-31)22-6-8-33-25(16-22)21-5-3-4-20(14-21)15-27(37)35-9-7-23(32)19-35/h3-6,8,14,16,23H,7,9-13,15,17-19,32H2,1-2H3/t23-/m0/s1. The fourth-order valence-corrected chi connectivity index (χ4v) is 7.40. The van der Waals surface area contributed by atoms with Crippen molar-refractivity contribution in [3.63, 3.8) is 0 Å². The van der Waals surface area contributed by atoms with E-state index in [9.17, 15) is 9.59 Å². The fourth-order valence-electron chi connectivity index (χ4n) is 6.07. The van der Waals surface area contributed by atoms with E-state index in [4.69, 9.17) is 15.5 Å². The Bertz CT molecular complexity index is 1410. The Hall–Kier alpha value is -3.07. The van der Waals surface area contributed by atoms with Crippen LogP contribution >= 0.6 is 11.3 Å². The number of anilines is 1. The average molecular weight is 545 g/mol. The smallest absolute Gasteiger partial charge is 0.227 e. The number of nitrogens with zero attached hydrogens (tertiary/aromatic N) is 3. The number of nitrogens with two attached hydrogens (primary N) is 1. The maximum Gasteiger partial charge on any atom is 0.227 e. The molecule has 3 aromatic rings. The van der Waals surface area contributed by atoms with Crippen molar-refractivity contribution < 1.29 is 14.3 Å². The number of amides is 1. The van der Waals surface area contributed by atoms with Crippen LogP contribution < -0.4 is 10.6 Å². The summed E-state index contributed by atoms with van der Waals surface area (Å²) in [6.45, 7) is 8.77. The number of aromatic nitrogens is 1. The van der Waals surface area contributed by atoms with Crippen LogP contribution in [-0.2, 0) is 22.4 Å². The Morgan fingerprint density at radius 3 is 2.72 bits per heavy atom. The molecule has 0 saturated carbocycles. The molecular formula is C31H36N4O3S. The van der Waals surface area contributed by atoms with Crippen molar-refractivity contribution >= 4 is 28.0 Å². The lowest BCUT2D eigenvalue weighted by Gasteiger charge is -2.30. The molecule has 0 radical (unpaired) electrons. The Morgan fingerprint density at radius 1 is 1.13 bits per heavy atom. The number of morpholine rings is 1. The van der Waals surface area contributed by atoms with Gasteiger partial charge >= 0.3 is 0 Å². The molecule has 7 nitrogen and oxygen atoms in total. The summed E-state index contributed by atoms with van der Waals surface area (Å²) in [7, 11) is 0. The lowest BCUT2D eigenvalue weighted by atomic mass is 9.75. The maximum atomic E-state index is 13.2. The summed E-state index contributed by atoms with van der Waals surface area (Å²) in [5.74, 6) is 0.367. The van der Waals surface area contributed by atoms with Crippen molar-refractivity contribution in [2.24, 2.45) is 11.1 Å². The number of likely N-dealkylation sites (tertiary alicyclic amines) is 1. The third-order valence-corrected chi connectivity index (χ3v) is 9.37. The number of rotatable bonds is 5. The quantitative estimate of drug-likeness (QED) is 0.506. The first kappa shape index (κ1) is 26.2. The average Bonchev–Trinajstić information content (AvgIpc) is 3.53. The van der Waals surface area contributed by atoms with Gasteiger partial charge in [-0.3, -0.25) is 14.6 Å². The van der Waals surface area contributed by atoms with Gasteiger partial charge in [-0.1, -0.05) is 32.0 Å². The first-order valence-corrected chi connectivity index (χ1v) is 14.7. The van der Waals surface area contributed by atoms with Gasteiger partial charge in [0.15, 0.2) is 5.78 Å². The van der Waals surface area contributed by atoms with Crippen LogP contribution in [0.25, 0.3) is 22.4 Å². The van der Waals surface area contributed by atoms with E-state index in [2.05, 4.69) is 36.9 Å². The van der Waals surface area contributed by atoms with Gasteiger partial charge in [-0.15, -0.1) is 11.3 Å². The zero-order chi connectivity index (χ0) is 27.1. The minimum atomic E-state index is -0.0713. The number of ether oxygens (including phenoxy) is 1. The van der Waals surface area contributed by atoms with E-state index < -0.39 is 0 Å².